The minimum Gasteiger partial charge on any atom is -0.399 e. The lowest BCUT2D eigenvalue weighted by molar-refractivity contribution is -0.539. The van der Waals surface area contributed by atoms with Gasteiger partial charge in [0.15, 0.2) is 0 Å². The van der Waals surface area contributed by atoms with Gasteiger partial charge in [-0.05, 0) is 36.3 Å². The summed E-state index contributed by atoms with van der Waals surface area (Å²) in [6.45, 7) is 0. The average molecular weight is 242 g/mol. The number of hydrogen-bond donors (Lipinski definition) is 3. The number of likely N-dealkylation sites (N-methyl/N-ethyl adjacent to an activating group) is 1. The highest BCUT2D eigenvalue weighted by Crippen LogP contribution is 2.21. The lowest BCUT2D eigenvalue weighted by Gasteiger charge is -2.09. The molecule has 94 valence electrons. The van der Waals surface area contributed by atoms with Crippen LogP contribution in [0, 0.1) is 0 Å². The van der Waals surface area contributed by atoms with Crippen LogP contribution in [0.3, 0.4) is 0 Å². The summed E-state index contributed by atoms with van der Waals surface area (Å²) in [4.78, 5) is 0. The van der Waals surface area contributed by atoms with Crippen molar-refractivity contribution in [1.82, 2.24) is 5.32 Å². The van der Waals surface area contributed by atoms with Crippen LogP contribution < -0.4 is 16.4 Å². The normalized spacial score (nSPS) is 16.8. The molecule has 0 saturated heterocycles. The maximum Gasteiger partial charge on any atom is 0.138 e. The summed E-state index contributed by atoms with van der Waals surface area (Å²) in [5.74, 6) is 0. The maximum absolute atomic E-state index is 5.80. The number of nitrogens with one attached hydrogen (secondary N) is 1. The minimum atomic E-state index is 0.807. The van der Waals surface area contributed by atoms with Crippen LogP contribution in [0.25, 0.3) is 6.08 Å². The molecule has 1 aromatic rings. The molecule has 0 radical (unpaired) electrons. The summed E-state index contributed by atoms with van der Waals surface area (Å²) in [6, 6.07) is 6.03. The summed E-state index contributed by atoms with van der Waals surface area (Å²) in [5.41, 5.74) is 11.5. The Hall–Kier alpha value is -2.00. The molecule has 2 rings (SSSR count). The first-order valence-electron chi connectivity index (χ1n) is 6.18. The molecule has 0 saturated carbocycles. The van der Waals surface area contributed by atoms with Gasteiger partial charge in [0.25, 0.3) is 0 Å². The van der Waals surface area contributed by atoms with Crippen molar-refractivity contribution in [2.45, 2.75) is 6.42 Å². The van der Waals surface area contributed by atoms with E-state index in [0.717, 1.165) is 12.1 Å². The van der Waals surface area contributed by atoms with Crippen LogP contribution in [0.1, 0.15) is 12.0 Å². The molecular formula is C15H20N3+. The smallest absolute Gasteiger partial charge is 0.138 e. The van der Waals surface area contributed by atoms with Crippen molar-refractivity contribution in [2.75, 3.05) is 19.8 Å². The number of benzene rings is 1. The monoisotopic (exact) mass is 242 g/mol. The largest absolute Gasteiger partial charge is 0.399 e. The maximum atomic E-state index is 5.80. The zero-order valence-corrected chi connectivity index (χ0v) is 10.9. The Balaban J connectivity index is 2.25. The topological polar surface area (TPSA) is 54.7 Å². The second kappa shape index (κ2) is 5.56. The van der Waals surface area contributed by atoms with Crippen molar-refractivity contribution < 1.29 is 5.32 Å². The molecule has 1 aliphatic rings. The van der Waals surface area contributed by atoms with Crippen molar-refractivity contribution >= 4 is 17.5 Å². The molecule has 0 fully saturated rings. The summed E-state index contributed by atoms with van der Waals surface area (Å²) in [7, 11) is 3.97. The van der Waals surface area contributed by atoms with Gasteiger partial charge in [0.05, 0.1) is 7.05 Å². The Morgan fingerprint density at radius 2 is 2.17 bits per heavy atom. The van der Waals surface area contributed by atoms with E-state index in [9.17, 15) is 0 Å². The number of nitrogen functional groups attached to an aromatic ring is 1. The molecule has 3 heteroatoms. The zero-order valence-electron chi connectivity index (χ0n) is 10.9. The molecule has 0 heterocycles. The van der Waals surface area contributed by atoms with Crippen LogP contribution in [0.4, 0.5) is 11.4 Å². The molecular weight excluding hydrogens is 222 g/mol. The summed E-state index contributed by atoms with van der Waals surface area (Å²) >= 11 is 0. The van der Waals surface area contributed by atoms with Crippen LogP contribution in [0.5, 0.6) is 0 Å². The Kier molecular flexibility index (Phi) is 3.85. The van der Waals surface area contributed by atoms with E-state index in [1.807, 2.05) is 26.2 Å². The van der Waals surface area contributed by atoms with E-state index in [1.54, 1.807) is 0 Å². The molecule has 0 atom stereocenters. The van der Waals surface area contributed by atoms with Crippen molar-refractivity contribution in [2.24, 2.45) is 0 Å². The van der Waals surface area contributed by atoms with Crippen LogP contribution >= 0.6 is 0 Å². The van der Waals surface area contributed by atoms with Gasteiger partial charge in [-0.3, -0.25) is 0 Å². The second-order valence-corrected chi connectivity index (χ2v) is 4.34. The molecule has 0 unspecified atom stereocenters. The van der Waals surface area contributed by atoms with E-state index in [-0.39, 0.29) is 0 Å². The SMILES string of the molecule is CNC1=CC/C(=C\c2ccc(N)cc2[NH2+]C)C=C1. The summed E-state index contributed by atoms with van der Waals surface area (Å²) < 4.78 is 0. The van der Waals surface area contributed by atoms with E-state index in [1.165, 1.54) is 22.5 Å². The highest BCUT2D eigenvalue weighted by Gasteiger charge is 2.05. The van der Waals surface area contributed by atoms with Gasteiger partial charge in [0.1, 0.15) is 5.69 Å². The third-order valence-electron chi connectivity index (χ3n) is 3.09. The molecule has 0 bridgehead atoms. The van der Waals surface area contributed by atoms with E-state index in [0.29, 0.717) is 0 Å². The molecule has 0 spiro atoms. The number of anilines is 1. The summed E-state index contributed by atoms with van der Waals surface area (Å²) in [5, 5.41) is 5.23. The molecule has 0 amide bonds. The van der Waals surface area contributed by atoms with Gasteiger partial charge >= 0.3 is 0 Å². The lowest BCUT2D eigenvalue weighted by Crippen LogP contribution is -2.73. The number of nitrogens with two attached hydrogens (primary N) is 2. The van der Waals surface area contributed by atoms with Crippen LogP contribution in [-0.4, -0.2) is 14.1 Å². The molecule has 1 aliphatic carbocycles. The van der Waals surface area contributed by atoms with Gasteiger partial charge in [-0.1, -0.05) is 12.2 Å². The Bertz CT molecular complexity index is 525. The molecule has 3 nitrogen and oxygen atoms in total. The first kappa shape index (κ1) is 12.5. The Morgan fingerprint density at radius 1 is 1.33 bits per heavy atom. The van der Waals surface area contributed by atoms with Crippen LogP contribution in [-0.2, 0) is 0 Å². The minimum absolute atomic E-state index is 0.807. The van der Waals surface area contributed by atoms with Crippen molar-refractivity contribution in [3.63, 3.8) is 0 Å². The number of quaternary nitrogens is 1. The molecule has 1 aromatic carbocycles. The van der Waals surface area contributed by atoms with Gasteiger partial charge in [0.2, 0.25) is 0 Å². The standard InChI is InChI=1S/C15H19N3/c1-17-14-7-3-11(4-8-14)9-12-5-6-13(16)10-15(12)18-2/h3,5-10,17-18H,4,16H2,1-2H3/p+1/b11-9-. The van der Waals surface area contributed by atoms with Crippen LogP contribution in [0.15, 0.2) is 47.7 Å². The summed E-state index contributed by atoms with van der Waals surface area (Å²) in [6.07, 6.45) is 9.62. The third-order valence-corrected chi connectivity index (χ3v) is 3.09. The lowest BCUT2D eigenvalue weighted by atomic mass is 10.0. The van der Waals surface area contributed by atoms with Crippen LogP contribution in [0.2, 0.25) is 0 Å². The quantitative estimate of drug-likeness (QED) is 0.704. The fourth-order valence-corrected chi connectivity index (χ4v) is 2.03. The number of hydrogen-bond acceptors (Lipinski definition) is 2. The van der Waals surface area contributed by atoms with E-state index >= 15 is 0 Å². The van der Waals surface area contributed by atoms with Crippen molar-refractivity contribution in [1.29, 1.82) is 0 Å². The molecule has 5 N–H and O–H groups in total. The van der Waals surface area contributed by atoms with E-state index < -0.39 is 0 Å². The average Bonchev–Trinajstić information content (AvgIpc) is 2.41. The highest BCUT2D eigenvalue weighted by molar-refractivity contribution is 5.68. The first-order chi connectivity index (χ1) is 8.72. The van der Waals surface area contributed by atoms with E-state index in [4.69, 9.17) is 5.73 Å². The van der Waals surface area contributed by atoms with Crippen molar-refractivity contribution in [3.05, 3.63) is 53.3 Å². The predicted octanol–water partition coefficient (Wildman–Crippen LogP) is 1.54. The van der Waals surface area contributed by atoms with Gasteiger partial charge in [-0.25, -0.2) is 0 Å². The fourth-order valence-electron chi connectivity index (χ4n) is 2.03. The number of rotatable bonds is 3. The fraction of sp³-hybridized carbons (Fsp3) is 0.200. The van der Waals surface area contributed by atoms with Gasteiger partial charge in [0, 0.05) is 30.1 Å². The number of allylic oxidation sites excluding steroid dienone is 4. The Morgan fingerprint density at radius 3 is 2.78 bits per heavy atom. The molecule has 0 aromatic heterocycles. The third kappa shape index (κ3) is 2.81. The van der Waals surface area contributed by atoms with Gasteiger partial charge < -0.3 is 16.4 Å². The highest BCUT2D eigenvalue weighted by atomic mass is 14.8. The first-order valence-corrected chi connectivity index (χ1v) is 6.18. The Labute approximate surface area is 108 Å². The second-order valence-electron chi connectivity index (χ2n) is 4.34. The van der Waals surface area contributed by atoms with Gasteiger partial charge in [-0.15, -0.1) is 0 Å². The van der Waals surface area contributed by atoms with Gasteiger partial charge in [-0.2, -0.15) is 0 Å². The van der Waals surface area contributed by atoms with Crippen molar-refractivity contribution in [3.8, 4) is 0 Å². The predicted molar refractivity (Wildman–Crippen MR) is 77.2 cm³/mol. The zero-order chi connectivity index (χ0) is 13.0. The molecule has 18 heavy (non-hydrogen) atoms. The molecule has 0 aliphatic heterocycles. The van der Waals surface area contributed by atoms with E-state index in [2.05, 4.69) is 41.0 Å².